The Kier molecular flexibility index (Phi) is 40.7. The minimum Gasteiger partial charge on any atom is -0.458 e. The molecule has 1 aliphatic heterocycles. The van der Waals surface area contributed by atoms with Gasteiger partial charge in [0, 0.05) is 49.9 Å². The smallest absolute Gasteiger partial charge is 0.306 e. The van der Waals surface area contributed by atoms with E-state index in [4.69, 9.17) is 15.2 Å². The molecule has 0 spiro atoms. The van der Waals surface area contributed by atoms with Gasteiger partial charge in [0.25, 0.3) is 0 Å². The van der Waals surface area contributed by atoms with Crippen LogP contribution < -0.4 is 5.73 Å². The molecule has 0 radical (unpaired) electrons. The van der Waals surface area contributed by atoms with Gasteiger partial charge in [-0.2, -0.15) is 0 Å². The third-order valence-electron chi connectivity index (χ3n) is 15.5. The summed E-state index contributed by atoms with van der Waals surface area (Å²) in [5.74, 6) is -2.70. The maximum absolute atomic E-state index is 13.8. The molecular formula is C67H107NO18. The Morgan fingerprint density at radius 1 is 0.651 bits per heavy atom. The van der Waals surface area contributed by atoms with E-state index in [9.17, 15) is 81.1 Å². The number of hydrogen-bond donors (Lipinski definition) is 15. The molecular weight excluding hydrogens is 1110 g/mol. The summed E-state index contributed by atoms with van der Waals surface area (Å²) in [4.78, 5) is 26.8. The first-order valence-electron chi connectivity index (χ1n) is 30.8. The summed E-state index contributed by atoms with van der Waals surface area (Å²) in [6.45, 7) is 9.52. The summed E-state index contributed by atoms with van der Waals surface area (Å²) >= 11 is 0. The molecule has 1 fully saturated rings. The average Bonchev–Trinajstić information content (AvgIpc) is 2.13. The van der Waals surface area contributed by atoms with E-state index in [0.29, 0.717) is 57.9 Å². The fourth-order valence-corrected chi connectivity index (χ4v) is 10.0. The van der Waals surface area contributed by atoms with Crippen LogP contribution in [0.2, 0.25) is 0 Å². The van der Waals surface area contributed by atoms with Crippen LogP contribution >= 0.6 is 0 Å². The lowest BCUT2D eigenvalue weighted by atomic mass is 9.86. The van der Waals surface area contributed by atoms with Gasteiger partial charge in [0.15, 0.2) is 0 Å². The van der Waals surface area contributed by atoms with Crippen LogP contribution in [0, 0.1) is 17.8 Å². The molecule has 20 atom stereocenters. The number of Topliss-reactive ketones (excluding diaryl/α,β-unsaturated/α-hetero) is 1. The lowest BCUT2D eigenvalue weighted by Crippen LogP contribution is -2.57. The molecule has 0 aromatic carbocycles. The van der Waals surface area contributed by atoms with Gasteiger partial charge in [-0.1, -0.05) is 142 Å². The van der Waals surface area contributed by atoms with Crippen LogP contribution in [0.25, 0.3) is 0 Å². The number of cyclic esters (lactones) is 1. The third kappa shape index (κ3) is 33.8. The van der Waals surface area contributed by atoms with Crippen LogP contribution in [0.1, 0.15) is 143 Å². The monoisotopic (exact) mass is 1210 g/mol. The van der Waals surface area contributed by atoms with E-state index in [0.717, 1.165) is 5.57 Å². The number of aliphatic hydroxyl groups is 14. The van der Waals surface area contributed by atoms with Crippen LogP contribution in [0.4, 0.5) is 0 Å². The summed E-state index contributed by atoms with van der Waals surface area (Å²) in [7, 11) is 0. The van der Waals surface area contributed by atoms with Crippen LogP contribution in [0.3, 0.4) is 0 Å². The van der Waals surface area contributed by atoms with E-state index in [1.807, 2.05) is 61.6 Å². The maximum Gasteiger partial charge on any atom is 0.306 e. The normalized spacial score (nSPS) is 37.6. The number of carbonyl (C=O) groups is 2. The minimum absolute atomic E-state index is 0.00582. The Balaban J connectivity index is 2.33. The van der Waals surface area contributed by atoms with Gasteiger partial charge in [-0.3, -0.25) is 9.59 Å². The molecule has 0 aromatic heterocycles. The van der Waals surface area contributed by atoms with Crippen LogP contribution in [-0.4, -0.2) is 194 Å². The number of ether oxygens (including phenoxy) is 2. The molecule has 1 saturated carbocycles. The number of aliphatic hydroxyl groups excluding tert-OH is 14. The minimum atomic E-state index is -1.72. The molecule has 16 N–H and O–H groups in total. The number of carbonyl (C=O) groups excluding carboxylic acids is 2. The highest BCUT2D eigenvalue weighted by Crippen LogP contribution is 2.29. The number of rotatable bonds is 14. The zero-order valence-corrected chi connectivity index (χ0v) is 50.9. The molecule has 0 saturated heterocycles. The van der Waals surface area contributed by atoms with E-state index < -0.39 is 134 Å². The Labute approximate surface area is 510 Å². The molecule has 19 nitrogen and oxygen atoms in total. The van der Waals surface area contributed by atoms with Crippen molar-refractivity contribution in [3.8, 4) is 0 Å². The highest BCUT2D eigenvalue weighted by molar-refractivity contribution is 5.81. The second-order valence-electron chi connectivity index (χ2n) is 23.2. The van der Waals surface area contributed by atoms with Gasteiger partial charge < -0.3 is 86.7 Å². The Hall–Kier alpha value is -4.36. The van der Waals surface area contributed by atoms with E-state index in [1.165, 1.54) is 12.2 Å². The second kappa shape index (κ2) is 45.0. The molecule has 2 rings (SSSR count). The number of hydrogen-bond acceptors (Lipinski definition) is 19. The Bertz CT molecular complexity index is 2190. The quantitative estimate of drug-likeness (QED) is 0.0828. The number of esters is 1. The average molecular weight is 1210 g/mol. The molecule has 0 bridgehead atoms. The zero-order chi connectivity index (χ0) is 64.0. The standard InChI is InChI=1S/C67H107NO18/c1-5-6-24-48-25-17-18-33-58(77)47(4)64(81)45(2)23-15-13-11-9-7-8-10-12-14-16-34-63(80)85-57(32-21-28-49(69)26-19-27-50(70)31-22-37-68)42-55(75)40-53(73)38-51(71)29-20-30-52(72)39-54(74)41-56(76)43-59(78)46(3)61(36-35-48)86-62-44-60(79)65(82)67(84)66(62)83/h5,7-15,18-21,23,26,30,32-33,35,45-47,49-58,60-62,64-67,69-77,79,81-84H,1,6,16-17,22,24-25,27-29,31,34,36-44,68H2,2-4H3/b9-7+,10-8+,13-11+,14-12+,23-15+,26-19+,30-20+,32-21+,33-18+,48-35-. The van der Waals surface area contributed by atoms with Gasteiger partial charge in [0.1, 0.15) is 30.2 Å². The van der Waals surface area contributed by atoms with Gasteiger partial charge in [-0.25, -0.2) is 0 Å². The van der Waals surface area contributed by atoms with Crippen molar-refractivity contribution in [2.24, 2.45) is 23.5 Å². The van der Waals surface area contributed by atoms with Crippen molar-refractivity contribution in [1.29, 1.82) is 0 Å². The second-order valence-corrected chi connectivity index (χ2v) is 23.2. The molecule has 0 aromatic rings. The van der Waals surface area contributed by atoms with Gasteiger partial charge in [-0.05, 0) is 103 Å². The number of allylic oxidation sites excluding steroid dienone is 12. The van der Waals surface area contributed by atoms with Gasteiger partial charge in [-0.15, -0.1) is 6.58 Å². The van der Waals surface area contributed by atoms with Gasteiger partial charge in [0.2, 0.25) is 0 Å². The zero-order valence-electron chi connectivity index (χ0n) is 50.9. The van der Waals surface area contributed by atoms with Gasteiger partial charge in [0.05, 0.1) is 79.4 Å². The van der Waals surface area contributed by atoms with Crippen LogP contribution in [-0.2, 0) is 19.1 Å². The first-order chi connectivity index (χ1) is 40.9. The summed E-state index contributed by atoms with van der Waals surface area (Å²) in [5, 5.41) is 150. The molecule has 19 heteroatoms. The highest BCUT2D eigenvalue weighted by atomic mass is 16.5. The van der Waals surface area contributed by atoms with E-state index in [-0.39, 0.29) is 70.1 Å². The lowest BCUT2D eigenvalue weighted by Gasteiger charge is -2.40. The third-order valence-corrected chi connectivity index (χ3v) is 15.5. The van der Waals surface area contributed by atoms with E-state index >= 15 is 0 Å². The first-order valence-corrected chi connectivity index (χ1v) is 30.8. The first kappa shape index (κ1) is 77.7. The fraction of sp³-hybridized carbons (Fsp3) is 0.642. The fourth-order valence-electron chi connectivity index (χ4n) is 10.0. The molecule has 20 unspecified atom stereocenters. The summed E-state index contributed by atoms with van der Waals surface area (Å²) in [5.41, 5.74) is 6.49. The lowest BCUT2D eigenvalue weighted by molar-refractivity contribution is -0.204. The summed E-state index contributed by atoms with van der Waals surface area (Å²) < 4.78 is 12.0. The largest absolute Gasteiger partial charge is 0.458 e. The molecule has 86 heavy (non-hydrogen) atoms. The van der Waals surface area contributed by atoms with Crippen molar-refractivity contribution in [3.05, 3.63) is 134 Å². The van der Waals surface area contributed by atoms with Crippen molar-refractivity contribution >= 4 is 11.8 Å². The van der Waals surface area contributed by atoms with Crippen LogP contribution in [0.5, 0.6) is 0 Å². The number of ketones is 1. The molecule has 1 heterocycles. The van der Waals surface area contributed by atoms with Crippen molar-refractivity contribution in [3.63, 3.8) is 0 Å². The maximum atomic E-state index is 13.8. The topological polar surface area (TPSA) is 362 Å². The Morgan fingerprint density at radius 2 is 1.29 bits per heavy atom. The van der Waals surface area contributed by atoms with Crippen molar-refractivity contribution < 1.29 is 90.6 Å². The summed E-state index contributed by atoms with van der Waals surface area (Å²) in [6.07, 6.45) is 17.6. The SMILES string of the molecule is C=CCC/C1=C/CC(OC2CC(O)C(O)C(O)C2O)C(C)C(=O)CC(O)CC(O)CC(O)/C=C/CC(O)CC(O)CC(O)CC(/C=C/CC(O)/C=C/CC(O)CCCN)OC(=O)CC/C=C/C=C/C=C/C=C/C=C/C(C)C(O)C(C)C(O)/C=C/CC1. The van der Waals surface area contributed by atoms with Gasteiger partial charge >= 0.3 is 5.97 Å². The van der Waals surface area contributed by atoms with Crippen molar-refractivity contribution in [2.45, 2.75) is 247 Å². The van der Waals surface area contributed by atoms with Crippen LogP contribution in [0.15, 0.2) is 134 Å². The highest BCUT2D eigenvalue weighted by Gasteiger charge is 2.44. The molecule has 1 aliphatic carbocycles. The van der Waals surface area contributed by atoms with E-state index in [2.05, 4.69) is 6.58 Å². The predicted molar refractivity (Wildman–Crippen MR) is 332 cm³/mol. The molecule has 2 aliphatic rings. The summed E-state index contributed by atoms with van der Waals surface area (Å²) in [6, 6.07) is 0. The Morgan fingerprint density at radius 3 is 1.99 bits per heavy atom. The number of nitrogens with two attached hydrogens (primary N) is 1. The molecule has 0 amide bonds. The predicted octanol–water partition coefficient (Wildman–Crippen LogP) is 4.70. The van der Waals surface area contributed by atoms with Crippen molar-refractivity contribution in [2.75, 3.05) is 6.54 Å². The van der Waals surface area contributed by atoms with Crippen molar-refractivity contribution in [1.82, 2.24) is 0 Å². The van der Waals surface area contributed by atoms with E-state index in [1.54, 1.807) is 68.5 Å². The molecule has 488 valence electrons.